The normalized spacial score (nSPS) is 15.5. The van der Waals surface area contributed by atoms with E-state index in [0.29, 0.717) is 17.4 Å². The van der Waals surface area contributed by atoms with Crippen LogP contribution in [0.25, 0.3) is 0 Å². The lowest BCUT2D eigenvalue weighted by atomic mass is 10.3. The van der Waals surface area contributed by atoms with Crippen molar-refractivity contribution in [3.05, 3.63) is 11.6 Å². The summed E-state index contributed by atoms with van der Waals surface area (Å²) in [6.07, 6.45) is -1.05. The molecule has 8 nitrogen and oxygen atoms in total. The molecule has 1 aromatic rings. The molecule has 0 bridgehead atoms. The molecule has 0 amide bonds. The molecule has 1 aromatic heterocycles. The fraction of sp³-hybridized carbons (Fsp3) is 0.769. The predicted octanol–water partition coefficient (Wildman–Crippen LogP) is 1.54. The first-order valence-corrected chi connectivity index (χ1v) is 6.61. The van der Waals surface area contributed by atoms with Crippen LogP contribution in [0.3, 0.4) is 0 Å². The summed E-state index contributed by atoms with van der Waals surface area (Å²) in [5.41, 5.74) is 0.633. The quantitative estimate of drug-likeness (QED) is 0.535. The van der Waals surface area contributed by atoms with Gasteiger partial charge < -0.3 is 18.9 Å². The van der Waals surface area contributed by atoms with Crippen LogP contribution in [0, 0.1) is 0 Å². The number of nitrogens with zero attached hydrogens (tertiary/aromatic N) is 4. The van der Waals surface area contributed by atoms with E-state index in [1.807, 2.05) is 13.8 Å². The van der Waals surface area contributed by atoms with E-state index in [4.69, 9.17) is 18.9 Å². The second kappa shape index (κ2) is 8.18. The van der Waals surface area contributed by atoms with Gasteiger partial charge in [0.1, 0.15) is 12.2 Å². The van der Waals surface area contributed by atoms with Crippen molar-refractivity contribution in [3.63, 3.8) is 0 Å². The van der Waals surface area contributed by atoms with Gasteiger partial charge in [-0.3, -0.25) is 0 Å². The standard InChI is InChI=1S/C13H24N4O4/c1-8(13(20-6)21-7)16-17-11(9(2)18-4)14-15-12(17)10(3)19-5/h9-10,13H,1-7H3/b16-8+/t9-,10-/m0/s1. The maximum atomic E-state index is 5.30. The van der Waals surface area contributed by atoms with Crippen LogP contribution in [0.4, 0.5) is 0 Å². The summed E-state index contributed by atoms with van der Waals surface area (Å²) in [5, 5.41) is 12.8. The Morgan fingerprint density at radius 1 is 0.905 bits per heavy atom. The van der Waals surface area contributed by atoms with Crippen LogP contribution in [0.1, 0.15) is 44.6 Å². The minimum atomic E-state index is -0.538. The Balaban J connectivity index is 3.29. The first-order chi connectivity index (χ1) is 9.99. The Morgan fingerprint density at radius 2 is 1.33 bits per heavy atom. The number of hydrogen-bond acceptors (Lipinski definition) is 7. The molecule has 1 rings (SSSR count). The average molecular weight is 300 g/mol. The second-order valence-electron chi connectivity index (χ2n) is 4.53. The van der Waals surface area contributed by atoms with Gasteiger partial charge in [0.25, 0.3) is 0 Å². The summed E-state index contributed by atoms with van der Waals surface area (Å²) in [4.78, 5) is 0. The van der Waals surface area contributed by atoms with Crippen molar-refractivity contribution in [3.8, 4) is 0 Å². The van der Waals surface area contributed by atoms with E-state index >= 15 is 0 Å². The van der Waals surface area contributed by atoms with Gasteiger partial charge in [0.05, 0.1) is 5.71 Å². The molecule has 0 spiro atoms. The largest absolute Gasteiger partial charge is 0.374 e. The van der Waals surface area contributed by atoms with Crippen molar-refractivity contribution in [1.29, 1.82) is 0 Å². The van der Waals surface area contributed by atoms with E-state index in [-0.39, 0.29) is 12.2 Å². The van der Waals surface area contributed by atoms with Crippen LogP contribution < -0.4 is 0 Å². The number of hydrogen-bond donors (Lipinski definition) is 0. The Kier molecular flexibility index (Phi) is 6.90. The summed E-state index contributed by atoms with van der Waals surface area (Å²) in [5.74, 6) is 1.17. The molecule has 0 aliphatic carbocycles. The summed E-state index contributed by atoms with van der Waals surface area (Å²) in [6, 6.07) is 0. The highest BCUT2D eigenvalue weighted by Crippen LogP contribution is 2.20. The minimum absolute atomic E-state index is 0.254. The minimum Gasteiger partial charge on any atom is -0.374 e. The molecule has 0 N–H and O–H groups in total. The van der Waals surface area contributed by atoms with Gasteiger partial charge in [-0.2, -0.15) is 9.78 Å². The molecule has 0 saturated heterocycles. The third-order valence-corrected chi connectivity index (χ3v) is 3.15. The third kappa shape index (κ3) is 4.07. The van der Waals surface area contributed by atoms with E-state index in [2.05, 4.69) is 15.3 Å². The van der Waals surface area contributed by atoms with E-state index < -0.39 is 6.29 Å². The summed E-state index contributed by atoms with van der Waals surface area (Å²) >= 11 is 0. The Labute approximate surface area is 125 Å². The maximum absolute atomic E-state index is 5.30. The highest BCUT2D eigenvalue weighted by molar-refractivity contribution is 5.85. The first kappa shape index (κ1) is 17.7. The molecule has 0 aromatic carbocycles. The van der Waals surface area contributed by atoms with Crippen LogP contribution in [-0.4, -0.2) is 55.3 Å². The summed E-state index contributed by atoms with van der Waals surface area (Å²) < 4.78 is 22.6. The lowest BCUT2D eigenvalue weighted by Gasteiger charge is -2.16. The van der Waals surface area contributed by atoms with Crippen molar-refractivity contribution in [1.82, 2.24) is 14.9 Å². The first-order valence-electron chi connectivity index (χ1n) is 6.61. The molecule has 0 aliphatic heterocycles. The lowest BCUT2D eigenvalue weighted by Crippen LogP contribution is -2.24. The lowest BCUT2D eigenvalue weighted by molar-refractivity contribution is -0.0526. The van der Waals surface area contributed by atoms with Gasteiger partial charge in [0.2, 0.25) is 0 Å². The van der Waals surface area contributed by atoms with Gasteiger partial charge in [-0.1, -0.05) is 0 Å². The number of aromatic nitrogens is 3. The monoisotopic (exact) mass is 300 g/mol. The van der Waals surface area contributed by atoms with Gasteiger partial charge in [0, 0.05) is 28.4 Å². The Bertz CT molecular complexity index is 443. The molecule has 1 heterocycles. The van der Waals surface area contributed by atoms with Crippen LogP contribution in [0.15, 0.2) is 5.10 Å². The summed E-state index contributed by atoms with van der Waals surface area (Å²) in [6.45, 7) is 5.55. The number of methoxy groups -OCH3 is 4. The highest BCUT2D eigenvalue weighted by atomic mass is 16.7. The van der Waals surface area contributed by atoms with E-state index in [0.717, 1.165) is 0 Å². The maximum Gasteiger partial charge on any atom is 0.198 e. The van der Waals surface area contributed by atoms with Gasteiger partial charge >= 0.3 is 0 Å². The molecule has 0 unspecified atom stereocenters. The molecular formula is C13H24N4O4. The van der Waals surface area contributed by atoms with E-state index in [1.165, 1.54) is 0 Å². The van der Waals surface area contributed by atoms with Gasteiger partial charge in [-0.15, -0.1) is 10.2 Å². The SMILES string of the molecule is COC(OC)/C(C)=N/n1c([C@H](C)OC)nnc1[C@H](C)OC. The third-order valence-electron chi connectivity index (χ3n) is 3.15. The molecule has 0 saturated carbocycles. The topological polar surface area (TPSA) is 80.0 Å². The predicted molar refractivity (Wildman–Crippen MR) is 77.2 cm³/mol. The Hall–Kier alpha value is -1.35. The Morgan fingerprint density at radius 3 is 1.67 bits per heavy atom. The van der Waals surface area contributed by atoms with Crippen LogP contribution in [0.5, 0.6) is 0 Å². The van der Waals surface area contributed by atoms with Crippen LogP contribution in [0.2, 0.25) is 0 Å². The van der Waals surface area contributed by atoms with Crippen molar-refractivity contribution < 1.29 is 18.9 Å². The van der Waals surface area contributed by atoms with E-state index in [9.17, 15) is 0 Å². The van der Waals surface area contributed by atoms with Crippen molar-refractivity contribution >= 4 is 5.71 Å². The van der Waals surface area contributed by atoms with Crippen LogP contribution >= 0.6 is 0 Å². The van der Waals surface area contributed by atoms with Gasteiger partial charge in [0.15, 0.2) is 17.9 Å². The fourth-order valence-electron chi connectivity index (χ4n) is 1.77. The fourth-order valence-corrected chi connectivity index (χ4v) is 1.77. The second-order valence-corrected chi connectivity index (χ2v) is 4.53. The molecule has 0 fully saturated rings. The van der Waals surface area contributed by atoms with Gasteiger partial charge in [-0.05, 0) is 20.8 Å². The smallest absolute Gasteiger partial charge is 0.198 e. The van der Waals surface area contributed by atoms with Gasteiger partial charge in [-0.25, -0.2) is 0 Å². The zero-order chi connectivity index (χ0) is 16.0. The number of ether oxygens (including phenoxy) is 4. The molecule has 21 heavy (non-hydrogen) atoms. The van der Waals surface area contributed by atoms with E-state index in [1.54, 1.807) is 40.0 Å². The summed E-state index contributed by atoms with van der Waals surface area (Å²) in [7, 11) is 6.31. The zero-order valence-corrected chi connectivity index (χ0v) is 13.7. The highest BCUT2D eigenvalue weighted by Gasteiger charge is 2.22. The molecule has 120 valence electrons. The van der Waals surface area contributed by atoms with Crippen LogP contribution in [-0.2, 0) is 18.9 Å². The number of rotatable bonds is 8. The molecular weight excluding hydrogens is 276 g/mol. The molecule has 2 atom stereocenters. The molecule has 0 radical (unpaired) electrons. The van der Waals surface area contributed by atoms with Crippen molar-refractivity contribution in [2.24, 2.45) is 5.10 Å². The van der Waals surface area contributed by atoms with Crippen molar-refractivity contribution in [2.45, 2.75) is 39.3 Å². The molecule has 8 heteroatoms. The molecule has 0 aliphatic rings. The zero-order valence-electron chi connectivity index (χ0n) is 13.7. The van der Waals surface area contributed by atoms with Crippen molar-refractivity contribution in [2.75, 3.05) is 28.4 Å². The average Bonchev–Trinajstić information content (AvgIpc) is 2.90.